The van der Waals surface area contributed by atoms with Gasteiger partial charge >= 0.3 is 5.97 Å². The van der Waals surface area contributed by atoms with Crippen LogP contribution < -0.4 is 5.32 Å². The third-order valence-corrected chi connectivity index (χ3v) is 5.01. The number of amides is 1. The summed E-state index contributed by atoms with van der Waals surface area (Å²) < 4.78 is 6.34. The van der Waals surface area contributed by atoms with Crippen molar-refractivity contribution in [2.45, 2.75) is 13.3 Å². The normalized spacial score (nSPS) is 10.8. The lowest BCUT2D eigenvalue weighted by Gasteiger charge is -2.03. The van der Waals surface area contributed by atoms with Crippen LogP contribution in [0.3, 0.4) is 0 Å². The summed E-state index contributed by atoms with van der Waals surface area (Å²) in [7, 11) is 1.32. The molecule has 1 aromatic carbocycles. The fourth-order valence-electron chi connectivity index (χ4n) is 2.41. The molecule has 2 heterocycles. The van der Waals surface area contributed by atoms with Gasteiger partial charge in [0.25, 0.3) is 5.91 Å². The molecule has 0 spiro atoms. The van der Waals surface area contributed by atoms with E-state index in [1.54, 1.807) is 10.7 Å². The van der Waals surface area contributed by atoms with E-state index >= 15 is 0 Å². The van der Waals surface area contributed by atoms with Crippen LogP contribution in [0.4, 0.5) is 0 Å². The van der Waals surface area contributed by atoms with Crippen LogP contribution in [0.2, 0.25) is 5.02 Å². The van der Waals surface area contributed by atoms with Gasteiger partial charge in [-0.15, -0.1) is 11.3 Å². The molecule has 130 valence electrons. The molecule has 2 aromatic heterocycles. The zero-order chi connectivity index (χ0) is 18.0. The first-order valence-electron chi connectivity index (χ1n) is 7.59. The predicted octanol–water partition coefficient (Wildman–Crippen LogP) is 3.34. The van der Waals surface area contributed by atoms with Crippen molar-refractivity contribution in [2.24, 2.45) is 0 Å². The van der Waals surface area contributed by atoms with Gasteiger partial charge in [-0.2, -0.15) is 5.10 Å². The number of methoxy groups -OCH3 is 1. The Balaban J connectivity index is 1.86. The number of nitrogens with zero attached hydrogens (tertiary/aromatic N) is 2. The zero-order valence-electron chi connectivity index (χ0n) is 13.7. The molecule has 0 atom stereocenters. The van der Waals surface area contributed by atoms with Gasteiger partial charge in [-0.05, 0) is 31.2 Å². The number of nitrogens with one attached hydrogen (secondary N) is 1. The van der Waals surface area contributed by atoms with E-state index in [1.807, 2.05) is 31.2 Å². The molecule has 3 aromatic rings. The van der Waals surface area contributed by atoms with Gasteiger partial charge in [0.05, 0.1) is 29.8 Å². The van der Waals surface area contributed by atoms with Crippen LogP contribution in [0.5, 0.6) is 0 Å². The first-order valence-corrected chi connectivity index (χ1v) is 8.79. The van der Waals surface area contributed by atoms with Crippen LogP contribution in [0.15, 0.2) is 30.3 Å². The molecule has 6 nitrogen and oxygen atoms in total. The van der Waals surface area contributed by atoms with Gasteiger partial charge in [-0.3, -0.25) is 9.59 Å². The first kappa shape index (κ1) is 17.4. The Morgan fingerprint density at radius 3 is 2.88 bits per heavy atom. The molecule has 1 N–H and O–H groups in total. The van der Waals surface area contributed by atoms with Crippen molar-refractivity contribution >= 4 is 45.0 Å². The van der Waals surface area contributed by atoms with Gasteiger partial charge < -0.3 is 10.1 Å². The first-order chi connectivity index (χ1) is 12.0. The summed E-state index contributed by atoms with van der Waals surface area (Å²) in [6.45, 7) is 2.13. The van der Waals surface area contributed by atoms with Crippen LogP contribution in [-0.4, -0.2) is 35.3 Å². The molecule has 0 aliphatic carbocycles. The van der Waals surface area contributed by atoms with Gasteiger partial charge in [0.1, 0.15) is 4.83 Å². The monoisotopic (exact) mass is 377 g/mol. The molecule has 3 rings (SSSR count). The lowest BCUT2D eigenvalue weighted by atomic mass is 10.3. The second kappa shape index (κ2) is 7.25. The molecule has 0 saturated carbocycles. The number of hydrogen-bond donors (Lipinski definition) is 1. The highest BCUT2D eigenvalue weighted by Crippen LogP contribution is 2.30. The summed E-state index contributed by atoms with van der Waals surface area (Å²) in [4.78, 5) is 24.8. The maximum atomic E-state index is 12.3. The topological polar surface area (TPSA) is 73.2 Å². The van der Waals surface area contributed by atoms with Gasteiger partial charge in [-0.25, -0.2) is 4.68 Å². The molecule has 0 radical (unpaired) electrons. The Hall–Kier alpha value is -2.38. The number of aryl methyl sites for hydroxylation is 1. The number of rotatable bonds is 5. The number of halogens is 1. The van der Waals surface area contributed by atoms with Crippen LogP contribution in [0.25, 0.3) is 15.9 Å². The molecule has 0 saturated heterocycles. The molecular formula is C17H16ClN3O3S. The Morgan fingerprint density at radius 1 is 1.36 bits per heavy atom. The average molecular weight is 378 g/mol. The summed E-state index contributed by atoms with van der Waals surface area (Å²) in [6.07, 6.45) is 0.141. The number of fused-ring (bicyclic) bond motifs is 1. The summed E-state index contributed by atoms with van der Waals surface area (Å²) >= 11 is 7.41. The summed E-state index contributed by atoms with van der Waals surface area (Å²) in [5, 5.41) is 8.80. The van der Waals surface area contributed by atoms with E-state index in [1.165, 1.54) is 18.4 Å². The minimum Gasteiger partial charge on any atom is -0.469 e. The maximum Gasteiger partial charge on any atom is 0.307 e. The lowest BCUT2D eigenvalue weighted by Crippen LogP contribution is -2.25. The zero-order valence-corrected chi connectivity index (χ0v) is 15.3. The van der Waals surface area contributed by atoms with Crippen LogP contribution >= 0.6 is 22.9 Å². The number of esters is 1. The van der Waals surface area contributed by atoms with E-state index < -0.39 is 0 Å². The molecule has 0 aliphatic heterocycles. The van der Waals surface area contributed by atoms with Crippen LogP contribution in [0, 0.1) is 6.92 Å². The number of aromatic nitrogens is 2. The van der Waals surface area contributed by atoms with Crippen molar-refractivity contribution in [3.05, 3.63) is 45.9 Å². The number of benzene rings is 1. The molecule has 1 amide bonds. The van der Waals surface area contributed by atoms with Gasteiger partial charge in [0.15, 0.2) is 0 Å². The lowest BCUT2D eigenvalue weighted by molar-refractivity contribution is -0.140. The van der Waals surface area contributed by atoms with E-state index in [4.69, 9.17) is 11.6 Å². The predicted molar refractivity (Wildman–Crippen MR) is 97.7 cm³/mol. The minimum atomic E-state index is -0.357. The SMILES string of the molecule is COC(=O)CCNC(=O)c1cc2c(C)nn(-c3cccc(Cl)c3)c2s1. The van der Waals surface area contributed by atoms with Crippen molar-refractivity contribution in [2.75, 3.05) is 13.7 Å². The Bertz CT molecular complexity index is 948. The summed E-state index contributed by atoms with van der Waals surface area (Å²) in [5.41, 5.74) is 1.67. The Kier molecular flexibility index (Phi) is 5.06. The molecule has 0 unspecified atom stereocenters. The average Bonchev–Trinajstić information content (AvgIpc) is 3.15. The van der Waals surface area contributed by atoms with Gasteiger partial charge in [0, 0.05) is 17.0 Å². The van der Waals surface area contributed by atoms with Crippen LogP contribution in [-0.2, 0) is 9.53 Å². The van der Waals surface area contributed by atoms with E-state index in [0.29, 0.717) is 9.90 Å². The highest BCUT2D eigenvalue weighted by Gasteiger charge is 2.17. The van der Waals surface area contributed by atoms with Crippen molar-refractivity contribution in [3.8, 4) is 5.69 Å². The van der Waals surface area contributed by atoms with Crippen LogP contribution in [0.1, 0.15) is 21.8 Å². The number of hydrogen-bond acceptors (Lipinski definition) is 5. The summed E-state index contributed by atoms with van der Waals surface area (Å²) in [6, 6.07) is 9.20. The molecule has 8 heteroatoms. The maximum absolute atomic E-state index is 12.3. The Morgan fingerprint density at radius 2 is 2.16 bits per heavy atom. The Labute approximate surface area is 153 Å². The highest BCUT2D eigenvalue weighted by atomic mass is 35.5. The van der Waals surface area contributed by atoms with Gasteiger partial charge in [0.2, 0.25) is 0 Å². The molecule has 0 fully saturated rings. The van der Waals surface area contributed by atoms with Crippen molar-refractivity contribution in [1.82, 2.24) is 15.1 Å². The standard InChI is InChI=1S/C17H16ClN3O3S/c1-10-13-9-14(16(23)19-7-6-15(22)24-2)25-17(13)21(20-10)12-5-3-4-11(18)8-12/h3-5,8-9H,6-7H2,1-2H3,(H,19,23). The number of thiophene rings is 1. The number of carbonyl (C=O) groups excluding carboxylic acids is 2. The fraction of sp³-hybridized carbons (Fsp3) is 0.235. The summed E-state index contributed by atoms with van der Waals surface area (Å²) in [5.74, 6) is -0.578. The van der Waals surface area contributed by atoms with Crippen molar-refractivity contribution in [3.63, 3.8) is 0 Å². The molecule has 0 bridgehead atoms. The van der Waals surface area contributed by atoms with Crippen molar-refractivity contribution in [1.29, 1.82) is 0 Å². The quantitative estimate of drug-likeness (QED) is 0.692. The minimum absolute atomic E-state index is 0.141. The van der Waals surface area contributed by atoms with E-state index in [2.05, 4.69) is 15.2 Å². The van der Waals surface area contributed by atoms with E-state index in [9.17, 15) is 9.59 Å². The fourth-order valence-corrected chi connectivity index (χ4v) is 3.69. The smallest absolute Gasteiger partial charge is 0.307 e. The third-order valence-electron chi connectivity index (χ3n) is 3.66. The third kappa shape index (κ3) is 3.67. The number of ether oxygens (including phenoxy) is 1. The van der Waals surface area contributed by atoms with Gasteiger partial charge in [-0.1, -0.05) is 17.7 Å². The second-order valence-electron chi connectivity index (χ2n) is 5.39. The van der Waals surface area contributed by atoms with E-state index in [-0.39, 0.29) is 24.8 Å². The second-order valence-corrected chi connectivity index (χ2v) is 6.86. The molecule has 0 aliphatic rings. The highest BCUT2D eigenvalue weighted by molar-refractivity contribution is 7.20. The molecule has 25 heavy (non-hydrogen) atoms. The molecular weight excluding hydrogens is 362 g/mol. The number of carbonyl (C=O) groups is 2. The van der Waals surface area contributed by atoms with E-state index in [0.717, 1.165) is 21.6 Å². The largest absolute Gasteiger partial charge is 0.469 e. The van der Waals surface area contributed by atoms with Crippen molar-refractivity contribution < 1.29 is 14.3 Å².